The van der Waals surface area contributed by atoms with Gasteiger partial charge >= 0.3 is 6.04 Å². The van der Waals surface area contributed by atoms with Gasteiger partial charge in [0.2, 0.25) is 5.91 Å². The number of hydrogen-bond donors (Lipinski definition) is 1. The van der Waals surface area contributed by atoms with Gasteiger partial charge in [-0.25, -0.2) is 0 Å². The number of hydrogen-bond acceptors (Lipinski definition) is 4. The first-order valence-corrected chi connectivity index (χ1v) is 5.78. The lowest BCUT2D eigenvalue weighted by molar-refractivity contribution is -0.129. The van der Waals surface area contributed by atoms with Crippen LogP contribution >= 0.6 is 11.8 Å². The van der Waals surface area contributed by atoms with Crippen LogP contribution in [0.1, 0.15) is 19.3 Å². The molecule has 0 atom stereocenters. The van der Waals surface area contributed by atoms with Crippen molar-refractivity contribution in [1.29, 1.82) is 0 Å². The lowest BCUT2D eigenvalue weighted by Gasteiger charge is -2.02. The van der Waals surface area contributed by atoms with Crippen molar-refractivity contribution < 1.29 is 18.8 Å². The molecule has 0 aliphatic heterocycles. The number of halogens is 1. The molecule has 0 aromatic rings. The summed E-state index contributed by atoms with van der Waals surface area (Å²) in [4.78, 5) is 30.9. The Labute approximate surface area is 92.0 Å². The SMILES string of the molecule is O=CCSCC(=O)NCCCCC(=O)F. The van der Waals surface area contributed by atoms with Gasteiger partial charge in [0.05, 0.1) is 5.75 Å². The van der Waals surface area contributed by atoms with Gasteiger partial charge in [-0.1, -0.05) is 0 Å². The molecule has 6 heteroatoms. The van der Waals surface area contributed by atoms with Gasteiger partial charge in [-0.3, -0.25) is 9.59 Å². The first-order chi connectivity index (χ1) is 7.16. The zero-order chi connectivity index (χ0) is 11.5. The molecule has 0 spiro atoms. The van der Waals surface area contributed by atoms with Gasteiger partial charge < -0.3 is 10.1 Å². The first kappa shape index (κ1) is 14.1. The lowest BCUT2D eigenvalue weighted by atomic mass is 10.2. The van der Waals surface area contributed by atoms with Crippen LogP contribution in [0.3, 0.4) is 0 Å². The molecule has 0 aliphatic rings. The van der Waals surface area contributed by atoms with Crippen molar-refractivity contribution in [2.45, 2.75) is 19.3 Å². The summed E-state index contributed by atoms with van der Waals surface area (Å²) in [5.41, 5.74) is 0. The number of carbonyl (C=O) groups excluding carboxylic acids is 3. The van der Waals surface area contributed by atoms with Crippen molar-refractivity contribution in [2.24, 2.45) is 0 Å². The van der Waals surface area contributed by atoms with E-state index in [9.17, 15) is 18.8 Å². The predicted octanol–water partition coefficient (Wildman–Crippen LogP) is 0.701. The molecule has 0 aromatic carbocycles. The normalized spacial score (nSPS) is 9.67. The van der Waals surface area contributed by atoms with Crippen LogP contribution < -0.4 is 5.32 Å². The van der Waals surface area contributed by atoms with Crippen LogP contribution in [0.5, 0.6) is 0 Å². The van der Waals surface area contributed by atoms with Crippen LogP contribution in [0.2, 0.25) is 0 Å². The van der Waals surface area contributed by atoms with Gasteiger partial charge in [0.25, 0.3) is 0 Å². The molecule has 1 amide bonds. The van der Waals surface area contributed by atoms with Crippen molar-refractivity contribution in [3.8, 4) is 0 Å². The summed E-state index contributed by atoms with van der Waals surface area (Å²) in [5, 5.41) is 2.61. The fourth-order valence-electron chi connectivity index (χ4n) is 0.868. The Morgan fingerprint density at radius 3 is 2.67 bits per heavy atom. The van der Waals surface area contributed by atoms with Gasteiger partial charge in [-0.2, -0.15) is 4.39 Å². The first-order valence-electron chi connectivity index (χ1n) is 4.63. The summed E-state index contributed by atoms with van der Waals surface area (Å²) in [6, 6.07) is -1.32. The molecule has 1 N–H and O–H groups in total. The van der Waals surface area contributed by atoms with E-state index in [4.69, 9.17) is 0 Å². The number of thioether (sulfide) groups is 1. The zero-order valence-electron chi connectivity index (χ0n) is 8.33. The molecule has 0 aliphatic carbocycles. The summed E-state index contributed by atoms with van der Waals surface area (Å²) in [5.74, 6) is 0.415. The molecule has 4 nitrogen and oxygen atoms in total. The molecule has 0 rings (SSSR count). The van der Waals surface area contributed by atoms with Gasteiger partial charge in [0.1, 0.15) is 6.29 Å². The van der Waals surface area contributed by atoms with Crippen molar-refractivity contribution in [3.05, 3.63) is 0 Å². The zero-order valence-corrected chi connectivity index (χ0v) is 9.15. The Hall–Kier alpha value is -0.910. The largest absolute Gasteiger partial charge is 0.355 e. The van der Waals surface area contributed by atoms with Crippen molar-refractivity contribution in [2.75, 3.05) is 18.1 Å². The fraction of sp³-hybridized carbons (Fsp3) is 0.667. The molecule has 0 radical (unpaired) electrons. The van der Waals surface area contributed by atoms with E-state index < -0.39 is 6.04 Å². The second-order valence-corrected chi connectivity index (χ2v) is 3.87. The highest BCUT2D eigenvalue weighted by molar-refractivity contribution is 8.00. The monoisotopic (exact) mass is 235 g/mol. The van der Waals surface area contributed by atoms with E-state index in [1.165, 1.54) is 11.8 Å². The van der Waals surface area contributed by atoms with Crippen molar-refractivity contribution in [1.82, 2.24) is 5.32 Å². The van der Waals surface area contributed by atoms with E-state index in [1.54, 1.807) is 0 Å². The average Bonchev–Trinajstić information content (AvgIpc) is 2.17. The highest BCUT2D eigenvalue weighted by Crippen LogP contribution is 1.98. The maximum Gasteiger partial charge on any atom is 0.301 e. The third-order valence-electron chi connectivity index (χ3n) is 1.54. The molecule has 0 bridgehead atoms. The van der Waals surface area contributed by atoms with Crippen LogP contribution in [0.4, 0.5) is 4.39 Å². The fourth-order valence-corrected chi connectivity index (χ4v) is 1.37. The standard InChI is InChI=1S/C9H14FNO3S/c10-8(13)3-1-2-4-11-9(14)7-15-6-5-12/h5H,1-4,6-7H2,(H,11,14). The van der Waals surface area contributed by atoms with Gasteiger partial charge in [-0.05, 0) is 12.8 Å². The van der Waals surface area contributed by atoms with E-state index in [1.807, 2.05) is 0 Å². The Balaban J connectivity index is 3.23. The number of nitrogens with one attached hydrogen (secondary N) is 1. The number of rotatable bonds is 9. The van der Waals surface area contributed by atoms with E-state index in [0.29, 0.717) is 25.1 Å². The predicted molar refractivity (Wildman–Crippen MR) is 56.4 cm³/mol. The Morgan fingerprint density at radius 2 is 2.07 bits per heavy atom. The molecule has 0 heterocycles. The molecule has 0 unspecified atom stereocenters. The molecular weight excluding hydrogens is 221 g/mol. The summed E-state index contributed by atoms with van der Waals surface area (Å²) in [6.45, 7) is 0.438. The number of carbonyl (C=O) groups is 3. The maximum absolute atomic E-state index is 11.7. The van der Waals surface area contributed by atoms with E-state index >= 15 is 0 Å². The van der Waals surface area contributed by atoms with Gasteiger partial charge in [0.15, 0.2) is 0 Å². The van der Waals surface area contributed by atoms with E-state index in [0.717, 1.165) is 6.29 Å². The lowest BCUT2D eigenvalue weighted by Crippen LogP contribution is -2.26. The van der Waals surface area contributed by atoms with Crippen molar-refractivity contribution >= 4 is 30.0 Å². The van der Waals surface area contributed by atoms with Crippen LogP contribution in [0.15, 0.2) is 0 Å². The summed E-state index contributed by atoms with van der Waals surface area (Å²) in [6.07, 6.45) is 1.68. The molecule has 0 fully saturated rings. The highest BCUT2D eigenvalue weighted by atomic mass is 32.2. The minimum Gasteiger partial charge on any atom is -0.355 e. The second kappa shape index (κ2) is 9.64. The smallest absolute Gasteiger partial charge is 0.301 e. The number of unbranched alkanes of at least 4 members (excludes halogenated alkanes) is 1. The summed E-state index contributed by atoms with van der Waals surface area (Å²) in [7, 11) is 0. The Kier molecular flexibility index (Phi) is 9.05. The molecule has 0 aromatic heterocycles. The highest BCUT2D eigenvalue weighted by Gasteiger charge is 2.01. The van der Waals surface area contributed by atoms with Crippen LogP contribution in [0.25, 0.3) is 0 Å². The minimum atomic E-state index is -1.32. The van der Waals surface area contributed by atoms with E-state index in [-0.39, 0.29) is 18.1 Å². The number of amides is 1. The third-order valence-corrected chi connectivity index (χ3v) is 2.38. The topological polar surface area (TPSA) is 63.2 Å². The van der Waals surface area contributed by atoms with Crippen molar-refractivity contribution in [3.63, 3.8) is 0 Å². The molecule has 0 saturated heterocycles. The summed E-state index contributed by atoms with van der Waals surface area (Å²) >= 11 is 1.24. The quantitative estimate of drug-likeness (QED) is 0.363. The average molecular weight is 235 g/mol. The minimum absolute atomic E-state index is 0.0875. The van der Waals surface area contributed by atoms with Gasteiger partial charge in [0, 0.05) is 18.7 Å². The second-order valence-electron chi connectivity index (χ2n) is 2.84. The Bertz CT molecular complexity index is 223. The maximum atomic E-state index is 11.7. The summed E-state index contributed by atoms with van der Waals surface area (Å²) < 4.78 is 11.7. The molecule has 15 heavy (non-hydrogen) atoms. The molecule has 0 saturated carbocycles. The van der Waals surface area contributed by atoms with Crippen LogP contribution in [0, 0.1) is 0 Å². The van der Waals surface area contributed by atoms with Gasteiger partial charge in [-0.15, -0.1) is 11.8 Å². The Morgan fingerprint density at radius 1 is 1.33 bits per heavy atom. The van der Waals surface area contributed by atoms with Crippen LogP contribution in [-0.2, 0) is 14.4 Å². The van der Waals surface area contributed by atoms with E-state index in [2.05, 4.69) is 5.32 Å². The third kappa shape index (κ3) is 11.0. The van der Waals surface area contributed by atoms with Crippen LogP contribution in [-0.4, -0.2) is 36.3 Å². The molecular formula is C9H14FNO3S. The number of aldehydes is 1. The molecule has 86 valence electrons.